The first-order chi connectivity index (χ1) is 14.7. The Balaban J connectivity index is 1.47. The number of benzene rings is 2. The Morgan fingerprint density at radius 3 is 2.83 bits per heavy atom. The minimum Gasteiger partial charge on any atom is -0.493 e. The van der Waals surface area contributed by atoms with Crippen LogP contribution in [-0.4, -0.2) is 27.8 Å². The average molecular weight is 421 g/mol. The van der Waals surface area contributed by atoms with Gasteiger partial charge in [-0.05, 0) is 30.7 Å². The molecule has 0 bridgehead atoms. The lowest BCUT2D eigenvalue weighted by Crippen LogP contribution is -2.26. The molecule has 1 aliphatic rings. The SMILES string of the molecule is CCCOc1ccccc1/C=c1/sc2nc(C3COc4ccccc4O3)nn2c1=O. The lowest BCUT2D eigenvalue weighted by Gasteiger charge is -2.24. The van der Waals surface area contributed by atoms with Gasteiger partial charge in [-0.25, -0.2) is 0 Å². The molecule has 0 saturated carbocycles. The van der Waals surface area contributed by atoms with E-state index in [2.05, 4.69) is 17.0 Å². The van der Waals surface area contributed by atoms with Crippen LogP contribution in [0.2, 0.25) is 0 Å². The summed E-state index contributed by atoms with van der Waals surface area (Å²) in [5, 5.41) is 4.39. The molecule has 0 amide bonds. The lowest BCUT2D eigenvalue weighted by molar-refractivity contribution is 0.0852. The number of rotatable bonds is 5. The van der Waals surface area contributed by atoms with Crippen molar-refractivity contribution in [2.75, 3.05) is 13.2 Å². The second-order valence-electron chi connectivity index (χ2n) is 6.83. The van der Waals surface area contributed by atoms with Crippen LogP contribution >= 0.6 is 11.3 Å². The van der Waals surface area contributed by atoms with Crippen molar-refractivity contribution in [3.8, 4) is 17.2 Å². The van der Waals surface area contributed by atoms with Crippen LogP contribution in [0.4, 0.5) is 0 Å². The number of thiazole rings is 1. The number of ether oxygens (including phenoxy) is 3. The summed E-state index contributed by atoms with van der Waals surface area (Å²) in [6.45, 7) is 2.98. The molecule has 0 N–H and O–H groups in total. The molecule has 1 aliphatic heterocycles. The number of hydrogen-bond acceptors (Lipinski definition) is 7. The fraction of sp³-hybridized carbons (Fsp3) is 0.227. The van der Waals surface area contributed by atoms with E-state index in [0.29, 0.717) is 40.0 Å². The third-order valence-electron chi connectivity index (χ3n) is 4.66. The van der Waals surface area contributed by atoms with Crippen LogP contribution in [-0.2, 0) is 0 Å². The molecule has 1 unspecified atom stereocenters. The molecule has 0 aliphatic carbocycles. The van der Waals surface area contributed by atoms with E-state index in [-0.39, 0.29) is 5.56 Å². The third-order valence-corrected chi connectivity index (χ3v) is 5.62. The number of para-hydroxylation sites is 3. The molecule has 0 saturated heterocycles. The molecule has 7 nitrogen and oxygen atoms in total. The monoisotopic (exact) mass is 421 g/mol. The second kappa shape index (κ2) is 7.79. The molecule has 2 aromatic carbocycles. The van der Waals surface area contributed by atoms with Crippen molar-refractivity contribution in [1.82, 2.24) is 14.6 Å². The van der Waals surface area contributed by atoms with Gasteiger partial charge in [0.05, 0.1) is 11.1 Å². The first-order valence-electron chi connectivity index (χ1n) is 9.74. The summed E-state index contributed by atoms with van der Waals surface area (Å²) < 4.78 is 19.3. The van der Waals surface area contributed by atoms with E-state index in [1.54, 1.807) is 0 Å². The summed E-state index contributed by atoms with van der Waals surface area (Å²) in [5.74, 6) is 2.53. The maximum Gasteiger partial charge on any atom is 0.291 e. The highest BCUT2D eigenvalue weighted by atomic mass is 32.1. The highest BCUT2D eigenvalue weighted by Crippen LogP contribution is 2.35. The molecule has 4 aromatic rings. The van der Waals surface area contributed by atoms with Gasteiger partial charge in [0.25, 0.3) is 5.56 Å². The van der Waals surface area contributed by atoms with E-state index in [0.717, 1.165) is 17.7 Å². The molecule has 5 rings (SSSR count). The Kier molecular flexibility index (Phi) is 4.84. The smallest absolute Gasteiger partial charge is 0.291 e. The van der Waals surface area contributed by atoms with Crippen molar-refractivity contribution in [3.63, 3.8) is 0 Å². The van der Waals surface area contributed by atoms with E-state index >= 15 is 0 Å². The summed E-state index contributed by atoms with van der Waals surface area (Å²) in [6, 6.07) is 15.1. The second-order valence-corrected chi connectivity index (χ2v) is 7.84. The molecule has 30 heavy (non-hydrogen) atoms. The fourth-order valence-electron chi connectivity index (χ4n) is 3.22. The van der Waals surface area contributed by atoms with Crippen LogP contribution in [0.15, 0.2) is 53.3 Å². The third kappa shape index (κ3) is 3.39. The van der Waals surface area contributed by atoms with Gasteiger partial charge < -0.3 is 14.2 Å². The fourth-order valence-corrected chi connectivity index (χ4v) is 4.12. The molecule has 0 spiro atoms. The van der Waals surface area contributed by atoms with Gasteiger partial charge >= 0.3 is 0 Å². The molecular weight excluding hydrogens is 402 g/mol. The average Bonchev–Trinajstić information content (AvgIpc) is 3.32. The number of fused-ring (bicyclic) bond motifs is 2. The highest BCUT2D eigenvalue weighted by molar-refractivity contribution is 7.15. The maximum absolute atomic E-state index is 12.9. The van der Waals surface area contributed by atoms with Crippen LogP contribution in [0, 0.1) is 0 Å². The van der Waals surface area contributed by atoms with Crippen LogP contribution < -0.4 is 24.3 Å². The van der Waals surface area contributed by atoms with Gasteiger partial charge in [-0.1, -0.05) is 48.6 Å². The van der Waals surface area contributed by atoms with Gasteiger partial charge in [-0.2, -0.15) is 9.50 Å². The Morgan fingerprint density at radius 1 is 1.20 bits per heavy atom. The summed E-state index contributed by atoms with van der Waals surface area (Å²) >= 11 is 1.29. The van der Waals surface area contributed by atoms with Crippen LogP contribution in [0.3, 0.4) is 0 Å². The lowest BCUT2D eigenvalue weighted by atomic mass is 10.2. The largest absolute Gasteiger partial charge is 0.493 e. The van der Waals surface area contributed by atoms with Gasteiger partial charge in [0.15, 0.2) is 23.4 Å². The van der Waals surface area contributed by atoms with E-state index in [4.69, 9.17) is 14.2 Å². The first kappa shape index (κ1) is 18.6. The number of aromatic nitrogens is 3. The van der Waals surface area contributed by atoms with Gasteiger partial charge in [0.2, 0.25) is 4.96 Å². The topological polar surface area (TPSA) is 74.9 Å². The van der Waals surface area contributed by atoms with Crippen LogP contribution in [0.5, 0.6) is 17.2 Å². The van der Waals surface area contributed by atoms with Crippen molar-refractivity contribution >= 4 is 22.4 Å². The Hall–Kier alpha value is -3.39. The molecule has 0 fully saturated rings. The Bertz CT molecular complexity index is 1310. The molecule has 0 radical (unpaired) electrons. The highest BCUT2D eigenvalue weighted by Gasteiger charge is 2.27. The van der Waals surface area contributed by atoms with Crippen molar-refractivity contribution in [1.29, 1.82) is 0 Å². The van der Waals surface area contributed by atoms with E-state index < -0.39 is 6.10 Å². The van der Waals surface area contributed by atoms with Crippen molar-refractivity contribution in [2.24, 2.45) is 0 Å². The van der Waals surface area contributed by atoms with E-state index in [1.165, 1.54) is 15.9 Å². The zero-order chi connectivity index (χ0) is 20.5. The molecular formula is C22H19N3O4S. The van der Waals surface area contributed by atoms with E-state index in [9.17, 15) is 4.79 Å². The van der Waals surface area contributed by atoms with Crippen molar-refractivity contribution in [2.45, 2.75) is 19.4 Å². The van der Waals surface area contributed by atoms with Crippen LogP contribution in [0.25, 0.3) is 11.0 Å². The normalized spacial score (nSPS) is 16.2. The molecule has 8 heteroatoms. The predicted molar refractivity (Wildman–Crippen MR) is 113 cm³/mol. The van der Waals surface area contributed by atoms with E-state index in [1.807, 2.05) is 54.6 Å². The summed E-state index contributed by atoms with van der Waals surface area (Å²) in [6.07, 6.45) is 2.28. The zero-order valence-electron chi connectivity index (χ0n) is 16.3. The number of hydrogen-bond donors (Lipinski definition) is 0. The summed E-state index contributed by atoms with van der Waals surface area (Å²) in [5.41, 5.74) is 0.643. The van der Waals surface area contributed by atoms with Gasteiger partial charge in [-0.3, -0.25) is 4.79 Å². The summed E-state index contributed by atoms with van der Waals surface area (Å²) in [4.78, 5) is 17.9. The van der Waals surface area contributed by atoms with Gasteiger partial charge in [0, 0.05) is 5.56 Å². The van der Waals surface area contributed by atoms with Crippen molar-refractivity contribution < 1.29 is 14.2 Å². The predicted octanol–water partition coefficient (Wildman–Crippen LogP) is 3.00. The number of nitrogens with zero attached hydrogens (tertiary/aromatic N) is 3. The molecule has 152 valence electrons. The Morgan fingerprint density at radius 2 is 2.00 bits per heavy atom. The Labute approximate surface area is 176 Å². The quantitative estimate of drug-likeness (QED) is 0.493. The first-order valence-corrected chi connectivity index (χ1v) is 10.6. The van der Waals surface area contributed by atoms with Gasteiger partial charge in [0.1, 0.15) is 12.4 Å². The zero-order valence-corrected chi connectivity index (χ0v) is 17.1. The van der Waals surface area contributed by atoms with Crippen LogP contribution in [0.1, 0.15) is 30.8 Å². The molecule has 3 heterocycles. The minimum absolute atomic E-state index is 0.212. The summed E-state index contributed by atoms with van der Waals surface area (Å²) in [7, 11) is 0. The molecule has 2 aromatic heterocycles. The van der Waals surface area contributed by atoms with Gasteiger partial charge in [-0.15, -0.1) is 5.10 Å². The standard InChI is InChI=1S/C22H19N3O4S/c1-2-11-27-15-8-4-3-7-14(15)12-19-21(26)25-22(30-19)23-20(24-25)18-13-28-16-9-5-6-10-17(16)29-18/h3-10,12,18H,2,11,13H2,1H3/b19-12+. The molecule has 1 atom stereocenters. The van der Waals surface area contributed by atoms with Crippen molar-refractivity contribution in [3.05, 3.63) is 74.8 Å². The maximum atomic E-state index is 12.9. The minimum atomic E-state index is -0.456.